The van der Waals surface area contributed by atoms with Gasteiger partial charge in [0.1, 0.15) is 4.88 Å². The minimum Gasteiger partial charge on any atom is -0.465 e. The van der Waals surface area contributed by atoms with Crippen molar-refractivity contribution < 1.29 is 19.4 Å². The van der Waals surface area contributed by atoms with Crippen LogP contribution in [-0.2, 0) is 16.0 Å². The molecule has 3 atom stereocenters. The standard InChI is InChI=1S/C26H31NO4S/c1-19(10-11-20-7-4-3-5-8-20)23(28)15-12-21-13-17-25(29)27(21)18-6-9-22-14-16-24(32-22)26(30)31-2/h3-9,12,14-16,19,21,23,28H,10-11,13,17-18H2,1-2H3/b9-6-,15-12+/t19-,21-,23+/m0/s1. The van der Waals surface area contributed by atoms with Crippen LogP contribution >= 0.6 is 11.3 Å². The Bertz CT molecular complexity index is 950. The molecule has 0 unspecified atom stereocenters. The first kappa shape index (κ1) is 24.0. The Morgan fingerprint density at radius 2 is 2.06 bits per heavy atom. The largest absolute Gasteiger partial charge is 0.465 e. The van der Waals surface area contributed by atoms with E-state index in [9.17, 15) is 14.7 Å². The van der Waals surface area contributed by atoms with Gasteiger partial charge < -0.3 is 14.7 Å². The molecule has 2 heterocycles. The Balaban J connectivity index is 1.51. The molecule has 0 bridgehead atoms. The number of carbonyl (C=O) groups excluding carboxylic acids is 2. The predicted molar refractivity (Wildman–Crippen MR) is 129 cm³/mol. The maximum absolute atomic E-state index is 12.3. The average Bonchev–Trinajstić information content (AvgIpc) is 3.43. The summed E-state index contributed by atoms with van der Waals surface area (Å²) < 4.78 is 4.73. The molecule has 0 radical (unpaired) electrons. The second-order valence-corrected chi connectivity index (χ2v) is 9.24. The predicted octanol–water partition coefficient (Wildman–Crippen LogP) is 4.72. The molecule has 1 saturated heterocycles. The van der Waals surface area contributed by atoms with Crippen molar-refractivity contribution in [3.05, 3.63) is 76.0 Å². The Morgan fingerprint density at radius 3 is 2.81 bits per heavy atom. The molecule has 1 aromatic carbocycles. The van der Waals surface area contributed by atoms with E-state index in [1.165, 1.54) is 24.0 Å². The lowest BCUT2D eigenvalue weighted by molar-refractivity contribution is -0.127. The van der Waals surface area contributed by atoms with Crippen LogP contribution in [0.2, 0.25) is 0 Å². The van der Waals surface area contributed by atoms with Crippen molar-refractivity contribution in [2.45, 2.75) is 44.8 Å². The van der Waals surface area contributed by atoms with Gasteiger partial charge in [-0.15, -0.1) is 11.3 Å². The number of methoxy groups -OCH3 is 1. The third-order valence-electron chi connectivity index (χ3n) is 5.82. The van der Waals surface area contributed by atoms with Crippen LogP contribution < -0.4 is 0 Å². The molecule has 6 heteroatoms. The zero-order valence-electron chi connectivity index (χ0n) is 18.6. The summed E-state index contributed by atoms with van der Waals surface area (Å²) >= 11 is 1.36. The fourth-order valence-electron chi connectivity index (χ4n) is 3.77. The molecule has 1 amide bonds. The summed E-state index contributed by atoms with van der Waals surface area (Å²) in [6.07, 6.45) is 10.3. The number of amides is 1. The van der Waals surface area contributed by atoms with E-state index < -0.39 is 6.10 Å². The van der Waals surface area contributed by atoms with Gasteiger partial charge in [0.15, 0.2) is 0 Å². The fraction of sp³-hybridized carbons (Fsp3) is 0.385. The molecule has 5 nitrogen and oxygen atoms in total. The number of benzene rings is 1. The second-order valence-electron chi connectivity index (χ2n) is 8.13. The van der Waals surface area contributed by atoms with Gasteiger partial charge in [-0.1, -0.05) is 55.5 Å². The molecular formula is C26H31NO4S. The van der Waals surface area contributed by atoms with E-state index >= 15 is 0 Å². The minimum absolute atomic E-state index is 0.00270. The minimum atomic E-state index is -0.533. The number of aliphatic hydroxyl groups is 1. The highest BCUT2D eigenvalue weighted by atomic mass is 32.1. The molecule has 0 aliphatic carbocycles. The van der Waals surface area contributed by atoms with Gasteiger partial charge in [-0.2, -0.15) is 0 Å². The number of carbonyl (C=O) groups is 2. The first-order valence-corrected chi connectivity index (χ1v) is 11.8. The van der Waals surface area contributed by atoms with Crippen LogP contribution in [0.5, 0.6) is 0 Å². The fourth-order valence-corrected chi connectivity index (χ4v) is 4.63. The van der Waals surface area contributed by atoms with Gasteiger partial charge in [0.25, 0.3) is 0 Å². The van der Waals surface area contributed by atoms with Crippen LogP contribution in [0.4, 0.5) is 0 Å². The van der Waals surface area contributed by atoms with E-state index in [0.717, 1.165) is 24.1 Å². The lowest BCUT2D eigenvalue weighted by atomic mass is 9.95. The van der Waals surface area contributed by atoms with Crippen LogP contribution in [0.3, 0.4) is 0 Å². The van der Waals surface area contributed by atoms with Gasteiger partial charge in [-0.25, -0.2) is 4.79 Å². The van der Waals surface area contributed by atoms with Crippen LogP contribution in [0.15, 0.2) is 60.7 Å². The van der Waals surface area contributed by atoms with Crippen molar-refractivity contribution in [1.29, 1.82) is 0 Å². The van der Waals surface area contributed by atoms with E-state index in [1.807, 2.05) is 53.5 Å². The van der Waals surface area contributed by atoms with E-state index in [4.69, 9.17) is 4.74 Å². The van der Waals surface area contributed by atoms with Gasteiger partial charge in [-0.3, -0.25) is 4.79 Å². The highest BCUT2D eigenvalue weighted by molar-refractivity contribution is 7.14. The molecule has 2 aromatic rings. The first-order chi connectivity index (χ1) is 15.5. The molecule has 0 spiro atoms. The Morgan fingerprint density at radius 1 is 1.28 bits per heavy atom. The maximum atomic E-state index is 12.3. The number of thiophene rings is 1. The quantitative estimate of drug-likeness (QED) is 0.417. The molecule has 0 saturated carbocycles. The summed E-state index contributed by atoms with van der Waals surface area (Å²) in [6, 6.07) is 13.9. The number of aryl methyl sites for hydroxylation is 1. The monoisotopic (exact) mass is 453 g/mol. The number of esters is 1. The van der Waals surface area contributed by atoms with Gasteiger partial charge in [-0.05, 0) is 49.0 Å². The van der Waals surface area contributed by atoms with Gasteiger partial charge in [0.2, 0.25) is 5.91 Å². The smallest absolute Gasteiger partial charge is 0.348 e. The number of nitrogens with zero attached hydrogens (tertiary/aromatic N) is 1. The van der Waals surface area contributed by atoms with Crippen LogP contribution in [-0.4, -0.2) is 47.7 Å². The Hall–Kier alpha value is -2.70. The number of rotatable bonds is 10. The highest BCUT2D eigenvalue weighted by Gasteiger charge is 2.28. The number of likely N-dealkylation sites (tertiary alicyclic amines) is 1. The normalized spacial score (nSPS) is 18.5. The molecule has 1 aromatic heterocycles. The summed E-state index contributed by atoms with van der Waals surface area (Å²) in [6.45, 7) is 2.56. The number of ether oxygens (including phenoxy) is 1. The van der Waals surface area contributed by atoms with E-state index in [2.05, 4.69) is 19.1 Å². The van der Waals surface area contributed by atoms with Gasteiger partial charge in [0, 0.05) is 17.8 Å². The molecule has 1 N–H and O–H groups in total. The Kier molecular flexibility index (Phi) is 8.82. The molecule has 1 fully saturated rings. The second kappa shape index (κ2) is 11.8. The van der Waals surface area contributed by atoms with Gasteiger partial charge in [0.05, 0.1) is 19.3 Å². The molecule has 1 aliphatic rings. The van der Waals surface area contributed by atoms with Gasteiger partial charge >= 0.3 is 5.97 Å². The van der Waals surface area contributed by atoms with Crippen LogP contribution in [0.1, 0.15) is 46.3 Å². The van der Waals surface area contributed by atoms with Crippen molar-refractivity contribution in [3.8, 4) is 0 Å². The van der Waals surface area contributed by atoms with Crippen molar-refractivity contribution >= 4 is 29.3 Å². The number of hydrogen-bond acceptors (Lipinski definition) is 5. The number of hydrogen-bond donors (Lipinski definition) is 1. The van der Waals surface area contributed by atoms with Crippen molar-refractivity contribution in [3.63, 3.8) is 0 Å². The van der Waals surface area contributed by atoms with Crippen molar-refractivity contribution in [1.82, 2.24) is 4.90 Å². The lowest BCUT2D eigenvalue weighted by Crippen LogP contribution is -2.32. The summed E-state index contributed by atoms with van der Waals surface area (Å²) in [5.74, 6) is -0.0804. The average molecular weight is 454 g/mol. The summed E-state index contributed by atoms with van der Waals surface area (Å²) in [5.41, 5.74) is 1.28. The molecule has 32 heavy (non-hydrogen) atoms. The Labute approximate surface area is 194 Å². The SMILES string of the molecule is COC(=O)c1ccc(/C=C\CN2C(=O)CC[C@@H]2/C=C/[C@@H](O)[C@@H](C)CCc2ccccc2)s1. The van der Waals surface area contributed by atoms with E-state index in [1.54, 1.807) is 6.07 Å². The first-order valence-electron chi connectivity index (χ1n) is 11.0. The van der Waals surface area contributed by atoms with Crippen LogP contribution in [0, 0.1) is 5.92 Å². The summed E-state index contributed by atoms with van der Waals surface area (Å²) in [7, 11) is 1.37. The lowest BCUT2D eigenvalue weighted by Gasteiger charge is -2.22. The van der Waals surface area contributed by atoms with E-state index in [0.29, 0.717) is 17.8 Å². The van der Waals surface area contributed by atoms with E-state index in [-0.39, 0.29) is 23.8 Å². The number of aliphatic hydroxyl groups excluding tert-OH is 1. The third kappa shape index (κ3) is 6.65. The molecular weight excluding hydrogens is 422 g/mol. The molecule has 3 rings (SSSR count). The molecule has 170 valence electrons. The summed E-state index contributed by atoms with van der Waals surface area (Å²) in [5, 5.41) is 10.6. The topological polar surface area (TPSA) is 66.8 Å². The summed E-state index contributed by atoms with van der Waals surface area (Å²) in [4.78, 5) is 27.2. The zero-order valence-corrected chi connectivity index (χ0v) is 19.5. The van der Waals surface area contributed by atoms with Crippen molar-refractivity contribution in [2.75, 3.05) is 13.7 Å². The van der Waals surface area contributed by atoms with Crippen LogP contribution in [0.25, 0.3) is 6.08 Å². The maximum Gasteiger partial charge on any atom is 0.348 e. The van der Waals surface area contributed by atoms with Crippen molar-refractivity contribution in [2.24, 2.45) is 5.92 Å². The zero-order chi connectivity index (χ0) is 22.9. The highest BCUT2D eigenvalue weighted by Crippen LogP contribution is 2.23. The molecule has 1 aliphatic heterocycles. The third-order valence-corrected chi connectivity index (χ3v) is 6.85.